The standard InChI is InChI=1S/C10H19N3O/c1-4-14-8(2)5-11-6-10-9(3)12-7-13-10/h7-8,11H,4-6H2,1-3H3,(H,12,13). The number of imidazole rings is 1. The van der Waals surface area contributed by atoms with Crippen LogP contribution in [0, 0.1) is 6.92 Å². The van der Waals surface area contributed by atoms with E-state index in [-0.39, 0.29) is 6.10 Å². The van der Waals surface area contributed by atoms with Gasteiger partial charge in [0.1, 0.15) is 0 Å². The SMILES string of the molecule is CCOC(C)CNCc1nc[nH]c1C. The molecule has 14 heavy (non-hydrogen) atoms. The van der Waals surface area contributed by atoms with E-state index < -0.39 is 0 Å². The number of nitrogens with zero attached hydrogens (tertiary/aromatic N) is 1. The largest absolute Gasteiger partial charge is 0.377 e. The van der Waals surface area contributed by atoms with Crippen molar-refractivity contribution >= 4 is 0 Å². The highest BCUT2D eigenvalue weighted by Crippen LogP contribution is 1.99. The summed E-state index contributed by atoms with van der Waals surface area (Å²) in [6.45, 7) is 8.52. The summed E-state index contributed by atoms with van der Waals surface area (Å²) >= 11 is 0. The van der Waals surface area contributed by atoms with Crippen LogP contribution in [0.15, 0.2) is 6.33 Å². The van der Waals surface area contributed by atoms with Gasteiger partial charge < -0.3 is 15.0 Å². The minimum absolute atomic E-state index is 0.263. The Labute approximate surface area is 85.1 Å². The van der Waals surface area contributed by atoms with E-state index in [0.29, 0.717) is 0 Å². The van der Waals surface area contributed by atoms with E-state index in [9.17, 15) is 0 Å². The van der Waals surface area contributed by atoms with E-state index in [1.54, 1.807) is 6.33 Å². The monoisotopic (exact) mass is 197 g/mol. The van der Waals surface area contributed by atoms with Gasteiger partial charge in [0.15, 0.2) is 0 Å². The van der Waals surface area contributed by atoms with Crippen LogP contribution in [0.1, 0.15) is 25.2 Å². The maximum absolute atomic E-state index is 5.40. The number of nitrogens with one attached hydrogen (secondary N) is 2. The van der Waals surface area contributed by atoms with Crippen LogP contribution < -0.4 is 5.32 Å². The van der Waals surface area contributed by atoms with Crippen molar-refractivity contribution in [2.45, 2.75) is 33.4 Å². The predicted molar refractivity (Wildman–Crippen MR) is 56.1 cm³/mol. The van der Waals surface area contributed by atoms with Crippen molar-refractivity contribution < 1.29 is 4.74 Å². The normalized spacial score (nSPS) is 13.1. The van der Waals surface area contributed by atoms with E-state index in [2.05, 4.69) is 22.2 Å². The molecule has 0 fully saturated rings. The van der Waals surface area contributed by atoms with Gasteiger partial charge in [-0.1, -0.05) is 0 Å². The number of H-pyrrole nitrogens is 1. The highest BCUT2D eigenvalue weighted by molar-refractivity contribution is 5.07. The molecule has 0 aliphatic carbocycles. The number of rotatable bonds is 6. The van der Waals surface area contributed by atoms with Gasteiger partial charge in [-0.3, -0.25) is 0 Å². The van der Waals surface area contributed by atoms with Crippen LogP contribution in [-0.2, 0) is 11.3 Å². The Morgan fingerprint density at radius 3 is 3.00 bits per heavy atom. The second-order valence-electron chi connectivity index (χ2n) is 3.37. The number of hydrogen-bond acceptors (Lipinski definition) is 3. The first-order chi connectivity index (χ1) is 6.74. The summed E-state index contributed by atoms with van der Waals surface area (Å²) in [6, 6.07) is 0. The Hall–Kier alpha value is -0.870. The van der Waals surface area contributed by atoms with E-state index >= 15 is 0 Å². The third-order valence-electron chi connectivity index (χ3n) is 2.11. The summed E-state index contributed by atoms with van der Waals surface area (Å²) < 4.78 is 5.40. The first kappa shape index (κ1) is 11.2. The minimum atomic E-state index is 0.263. The highest BCUT2D eigenvalue weighted by atomic mass is 16.5. The third kappa shape index (κ3) is 3.47. The molecule has 0 aliphatic heterocycles. The number of aromatic amines is 1. The van der Waals surface area contributed by atoms with Gasteiger partial charge in [0.05, 0.1) is 18.1 Å². The molecule has 0 aromatic carbocycles. The molecule has 1 aromatic heterocycles. The summed E-state index contributed by atoms with van der Waals surface area (Å²) in [7, 11) is 0. The smallest absolute Gasteiger partial charge is 0.0925 e. The lowest BCUT2D eigenvalue weighted by atomic mass is 10.3. The zero-order valence-electron chi connectivity index (χ0n) is 9.13. The number of ether oxygens (including phenoxy) is 1. The Bertz CT molecular complexity index is 260. The van der Waals surface area contributed by atoms with Crippen LogP contribution in [0.4, 0.5) is 0 Å². The van der Waals surface area contributed by atoms with Gasteiger partial charge in [0.2, 0.25) is 0 Å². The van der Waals surface area contributed by atoms with E-state index in [1.807, 2.05) is 13.8 Å². The lowest BCUT2D eigenvalue weighted by Gasteiger charge is -2.11. The summed E-state index contributed by atoms with van der Waals surface area (Å²) in [5, 5.41) is 3.31. The summed E-state index contributed by atoms with van der Waals surface area (Å²) in [6.07, 6.45) is 1.98. The molecule has 0 amide bonds. The van der Waals surface area contributed by atoms with Crippen LogP contribution in [0.2, 0.25) is 0 Å². The van der Waals surface area contributed by atoms with Crippen LogP contribution >= 0.6 is 0 Å². The molecule has 0 aliphatic rings. The summed E-state index contributed by atoms with van der Waals surface area (Å²) in [5.74, 6) is 0. The molecule has 2 N–H and O–H groups in total. The van der Waals surface area contributed by atoms with Crippen molar-refractivity contribution in [1.29, 1.82) is 0 Å². The molecule has 0 saturated carbocycles. The molecule has 1 unspecified atom stereocenters. The molecule has 0 spiro atoms. The zero-order valence-corrected chi connectivity index (χ0v) is 9.13. The third-order valence-corrected chi connectivity index (χ3v) is 2.11. The Balaban J connectivity index is 2.19. The number of aromatic nitrogens is 2. The maximum atomic E-state index is 5.40. The van der Waals surface area contributed by atoms with Gasteiger partial charge in [-0.2, -0.15) is 0 Å². The molecule has 4 heteroatoms. The quantitative estimate of drug-likeness (QED) is 0.721. The van der Waals surface area contributed by atoms with Gasteiger partial charge in [-0.25, -0.2) is 4.98 Å². The molecule has 4 nitrogen and oxygen atoms in total. The van der Waals surface area contributed by atoms with E-state index in [0.717, 1.165) is 31.1 Å². The molecular formula is C10H19N3O. The van der Waals surface area contributed by atoms with Gasteiger partial charge in [0, 0.05) is 25.4 Å². The Morgan fingerprint density at radius 1 is 1.64 bits per heavy atom. The van der Waals surface area contributed by atoms with Crippen molar-refractivity contribution in [3.63, 3.8) is 0 Å². The van der Waals surface area contributed by atoms with Gasteiger partial charge in [-0.05, 0) is 20.8 Å². The number of hydrogen-bond donors (Lipinski definition) is 2. The molecule has 1 rings (SSSR count). The Kier molecular flexibility index (Phi) is 4.62. The zero-order chi connectivity index (χ0) is 10.4. The fraction of sp³-hybridized carbons (Fsp3) is 0.700. The average molecular weight is 197 g/mol. The molecular weight excluding hydrogens is 178 g/mol. The van der Waals surface area contributed by atoms with Crippen molar-refractivity contribution in [3.8, 4) is 0 Å². The first-order valence-corrected chi connectivity index (χ1v) is 5.05. The van der Waals surface area contributed by atoms with Gasteiger partial charge in [-0.15, -0.1) is 0 Å². The highest BCUT2D eigenvalue weighted by Gasteiger charge is 2.02. The van der Waals surface area contributed by atoms with Crippen LogP contribution in [0.3, 0.4) is 0 Å². The summed E-state index contributed by atoms with van der Waals surface area (Å²) in [5.41, 5.74) is 2.20. The van der Waals surface area contributed by atoms with E-state index in [1.165, 1.54) is 0 Å². The van der Waals surface area contributed by atoms with Crippen molar-refractivity contribution in [2.24, 2.45) is 0 Å². The molecule has 1 atom stereocenters. The minimum Gasteiger partial charge on any atom is -0.377 e. The predicted octanol–water partition coefficient (Wildman–Crippen LogP) is 1.23. The number of aryl methyl sites for hydroxylation is 1. The van der Waals surface area contributed by atoms with Gasteiger partial charge in [0.25, 0.3) is 0 Å². The Morgan fingerprint density at radius 2 is 2.43 bits per heavy atom. The van der Waals surface area contributed by atoms with Crippen LogP contribution in [0.25, 0.3) is 0 Å². The lowest BCUT2D eigenvalue weighted by molar-refractivity contribution is 0.0759. The van der Waals surface area contributed by atoms with Gasteiger partial charge >= 0.3 is 0 Å². The second kappa shape index (κ2) is 5.78. The van der Waals surface area contributed by atoms with E-state index in [4.69, 9.17) is 4.74 Å². The van der Waals surface area contributed by atoms with Crippen molar-refractivity contribution in [1.82, 2.24) is 15.3 Å². The van der Waals surface area contributed by atoms with Crippen LogP contribution in [-0.4, -0.2) is 29.2 Å². The molecule has 0 bridgehead atoms. The molecule has 1 heterocycles. The van der Waals surface area contributed by atoms with Crippen molar-refractivity contribution in [2.75, 3.05) is 13.2 Å². The lowest BCUT2D eigenvalue weighted by Crippen LogP contribution is -2.26. The fourth-order valence-electron chi connectivity index (χ4n) is 1.30. The second-order valence-corrected chi connectivity index (χ2v) is 3.37. The summed E-state index contributed by atoms with van der Waals surface area (Å²) in [4.78, 5) is 7.25. The molecule has 80 valence electrons. The molecule has 0 radical (unpaired) electrons. The maximum Gasteiger partial charge on any atom is 0.0925 e. The average Bonchev–Trinajstić information content (AvgIpc) is 2.52. The first-order valence-electron chi connectivity index (χ1n) is 5.05. The molecule has 1 aromatic rings. The van der Waals surface area contributed by atoms with Crippen molar-refractivity contribution in [3.05, 3.63) is 17.7 Å². The molecule has 0 saturated heterocycles. The fourth-order valence-corrected chi connectivity index (χ4v) is 1.30. The topological polar surface area (TPSA) is 49.9 Å². The van der Waals surface area contributed by atoms with Crippen LogP contribution in [0.5, 0.6) is 0 Å².